The van der Waals surface area contributed by atoms with E-state index < -0.39 is 5.54 Å². The monoisotopic (exact) mass is 336 g/mol. The molecule has 0 bridgehead atoms. The molecule has 1 aliphatic rings. The lowest BCUT2D eigenvalue weighted by atomic mass is 9.97. The Morgan fingerprint density at radius 2 is 1.83 bits per heavy atom. The van der Waals surface area contributed by atoms with Crippen LogP contribution < -0.4 is 19.7 Å². The highest BCUT2D eigenvalue weighted by molar-refractivity contribution is 6.06. The van der Waals surface area contributed by atoms with E-state index in [1.54, 1.807) is 46.5 Å². The molecule has 0 radical (unpaired) electrons. The summed E-state index contributed by atoms with van der Waals surface area (Å²) < 4.78 is 15.5. The maximum atomic E-state index is 12.7. The van der Waals surface area contributed by atoms with Gasteiger partial charge in [0.1, 0.15) is 17.0 Å². The van der Waals surface area contributed by atoms with Crippen molar-refractivity contribution in [1.29, 1.82) is 0 Å². The zero-order chi connectivity index (χ0) is 17.7. The SMILES string of the molecule is COCCNC(=O)[C@@]1(C)CCC(=O)N1c1cc(OC)cc(OC)c1. The average molecular weight is 336 g/mol. The van der Waals surface area contributed by atoms with E-state index in [-0.39, 0.29) is 11.8 Å². The maximum absolute atomic E-state index is 12.7. The summed E-state index contributed by atoms with van der Waals surface area (Å²) in [7, 11) is 4.66. The number of carbonyl (C=O) groups excluding carboxylic acids is 2. The van der Waals surface area contributed by atoms with Gasteiger partial charge in [-0.3, -0.25) is 14.5 Å². The van der Waals surface area contributed by atoms with Gasteiger partial charge in [0.15, 0.2) is 0 Å². The topological polar surface area (TPSA) is 77.1 Å². The molecule has 1 aromatic rings. The second kappa shape index (κ2) is 7.53. The first-order chi connectivity index (χ1) is 11.5. The molecule has 1 fully saturated rings. The molecule has 132 valence electrons. The first-order valence-electron chi connectivity index (χ1n) is 7.79. The number of ether oxygens (including phenoxy) is 3. The van der Waals surface area contributed by atoms with E-state index >= 15 is 0 Å². The number of methoxy groups -OCH3 is 3. The van der Waals surface area contributed by atoms with Crippen LogP contribution in [0.25, 0.3) is 0 Å². The molecular weight excluding hydrogens is 312 g/mol. The number of carbonyl (C=O) groups is 2. The molecule has 0 unspecified atom stereocenters. The Labute approximate surface area is 141 Å². The number of nitrogens with one attached hydrogen (secondary N) is 1. The van der Waals surface area contributed by atoms with Crippen molar-refractivity contribution in [3.05, 3.63) is 18.2 Å². The van der Waals surface area contributed by atoms with Crippen molar-refractivity contribution in [1.82, 2.24) is 5.32 Å². The van der Waals surface area contributed by atoms with E-state index in [0.29, 0.717) is 43.2 Å². The van der Waals surface area contributed by atoms with Crippen molar-refractivity contribution in [3.63, 3.8) is 0 Å². The van der Waals surface area contributed by atoms with Gasteiger partial charge in [0.25, 0.3) is 0 Å². The Bertz CT molecular complexity index is 597. The van der Waals surface area contributed by atoms with Gasteiger partial charge >= 0.3 is 0 Å². The molecule has 1 aliphatic heterocycles. The second-order valence-electron chi connectivity index (χ2n) is 5.82. The van der Waals surface area contributed by atoms with E-state index in [4.69, 9.17) is 14.2 Å². The molecule has 7 nitrogen and oxygen atoms in total. The third-order valence-corrected chi connectivity index (χ3v) is 4.24. The van der Waals surface area contributed by atoms with Gasteiger partial charge in [0.05, 0.1) is 26.5 Å². The van der Waals surface area contributed by atoms with Gasteiger partial charge in [-0.15, -0.1) is 0 Å². The lowest BCUT2D eigenvalue weighted by Crippen LogP contribution is -2.55. The molecule has 1 saturated heterocycles. The molecule has 1 N–H and O–H groups in total. The van der Waals surface area contributed by atoms with Crippen LogP contribution in [0, 0.1) is 0 Å². The van der Waals surface area contributed by atoms with Crippen molar-refractivity contribution in [3.8, 4) is 11.5 Å². The molecule has 1 heterocycles. The van der Waals surface area contributed by atoms with Crippen molar-refractivity contribution in [2.75, 3.05) is 39.4 Å². The highest BCUT2D eigenvalue weighted by Crippen LogP contribution is 2.38. The zero-order valence-electron chi connectivity index (χ0n) is 14.5. The van der Waals surface area contributed by atoms with Crippen LogP contribution in [0.2, 0.25) is 0 Å². The van der Waals surface area contributed by atoms with Gasteiger partial charge in [-0.1, -0.05) is 0 Å². The minimum absolute atomic E-state index is 0.102. The predicted octanol–water partition coefficient (Wildman–Crippen LogP) is 1.35. The normalized spacial score (nSPS) is 20.2. The first-order valence-corrected chi connectivity index (χ1v) is 7.79. The van der Waals surface area contributed by atoms with Crippen LogP contribution in [0.3, 0.4) is 0 Å². The van der Waals surface area contributed by atoms with E-state index in [1.807, 2.05) is 0 Å². The molecule has 24 heavy (non-hydrogen) atoms. The largest absolute Gasteiger partial charge is 0.497 e. The van der Waals surface area contributed by atoms with Crippen LogP contribution in [0.5, 0.6) is 11.5 Å². The number of hydrogen-bond acceptors (Lipinski definition) is 5. The summed E-state index contributed by atoms with van der Waals surface area (Å²) in [6.07, 6.45) is 0.762. The molecule has 0 aromatic heterocycles. The van der Waals surface area contributed by atoms with Crippen molar-refractivity contribution >= 4 is 17.5 Å². The van der Waals surface area contributed by atoms with Gasteiger partial charge in [0.2, 0.25) is 11.8 Å². The molecule has 7 heteroatoms. The Hall–Kier alpha value is -2.28. The summed E-state index contributed by atoms with van der Waals surface area (Å²) in [6.45, 7) is 2.59. The van der Waals surface area contributed by atoms with E-state index in [2.05, 4.69) is 5.32 Å². The minimum Gasteiger partial charge on any atom is -0.497 e. The molecule has 2 rings (SSSR count). The number of hydrogen-bond donors (Lipinski definition) is 1. The predicted molar refractivity (Wildman–Crippen MR) is 89.6 cm³/mol. The molecule has 0 spiro atoms. The fourth-order valence-electron chi connectivity index (χ4n) is 2.87. The van der Waals surface area contributed by atoms with Crippen molar-refractivity contribution < 1.29 is 23.8 Å². The Morgan fingerprint density at radius 1 is 1.21 bits per heavy atom. The highest BCUT2D eigenvalue weighted by Gasteiger charge is 2.48. The summed E-state index contributed by atoms with van der Waals surface area (Å²) >= 11 is 0. The highest BCUT2D eigenvalue weighted by atomic mass is 16.5. The molecule has 1 aromatic carbocycles. The van der Waals surface area contributed by atoms with Gasteiger partial charge in [0, 0.05) is 38.3 Å². The Morgan fingerprint density at radius 3 is 2.38 bits per heavy atom. The fourth-order valence-corrected chi connectivity index (χ4v) is 2.87. The number of benzene rings is 1. The zero-order valence-corrected chi connectivity index (χ0v) is 14.5. The maximum Gasteiger partial charge on any atom is 0.246 e. The molecule has 0 saturated carbocycles. The second-order valence-corrected chi connectivity index (χ2v) is 5.82. The van der Waals surface area contributed by atoms with E-state index in [1.165, 1.54) is 4.90 Å². The summed E-state index contributed by atoms with van der Waals surface area (Å²) in [5, 5.41) is 2.82. The van der Waals surface area contributed by atoms with Crippen LogP contribution in [0.15, 0.2) is 18.2 Å². The van der Waals surface area contributed by atoms with Gasteiger partial charge in [-0.05, 0) is 13.3 Å². The third-order valence-electron chi connectivity index (χ3n) is 4.24. The van der Waals surface area contributed by atoms with Crippen LogP contribution in [-0.4, -0.2) is 51.8 Å². The number of rotatable bonds is 7. The van der Waals surface area contributed by atoms with Crippen molar-refractivity contribution in [2.24, 2.45) is 0 Å². The summed E-state index contributed by atoms with van der Waals surface area (Å²) in [5.74, 6) is 0.819. The quantitative estimate of drug-likeness (QED) is 0.761. The average Bonchev–Trinajstić information content (AvgIpc) is 2.90. The van der Waals surface area contributed by atoms with Crippen molar-refractivity contribution in [2.45, 2.75) is 25.3 Å². The number of nitrogens with zero attached hydrogens (tertiary/aromatic N) is 1. The summed E-state index contributed by atoms with van der Waals surface area (Å²) in [5.41, 5.74) is -0.375. The molecule has 2 amide bonds. The number of amides is 2. The van der Waals surface area contributed by atoms with Gasteiger partial charge < -0.3 is 19.5 Å². The van der Waals surface area contributed by atoms with Gasteiger partial charge in [-0.2, -0.15) is 0 Å². The Kier molecular flexibility index (Phi) is 5.66. The van der Waals surface area contributed by atoms with Gasteiger partial charge in [-0.25, -0.2) is 0 Å². The summed E-state index contributed by atoms with van der Waals surface area (Å²) in [4.78, 5) is 26.6. The first kappa shape index (κ1) is 18.1. The Balaban J connectivity index is 2.35. The number of anilines is 1. The van der Waals surface area contributed by atoms with Crippen LogP contribution in [0.4, 0.5) is 5.69 Å². The van der Waals surface area contributed by atoms with Crippen LogP contribution >= 0.6 is 0 Å². The standard InChI is InChI=1S/C17H24N2O5/c1-17(16(21)18-7-8-22-2)6-5-15(20)19(17)12-9-13(23-3)11-14(10-12)24-4/h9-11H,5-8H2,1-4H3,(H,18,21)/t17-/m1/s1. The smallest absolute Gasteiger partial charge is 0.246 e. The minimum atomic E-state index is -0.956. The molecule has 1 atom stereocenters. The fraction of sp³-hybridized carbons (Fsp3) is 0.529. The summed E-state index contributed by atoms with van der Waals surface area (Å²) in [6, 6.07) is 5.18. The molecule has 0 aliphatic carbocycles. The third kappa shape index (κ3) is 3.46. The molecular formula is C17H24N2O5. The van der Waals surface area contributed by atoms with E-state index in [9.17, 15) is 9.59 Å². The van der Waals surface area contributed by atoms with Crippen LogP contribution in [-0.2, 0) is 14.3 Å². The van der Waals surface area contributed by atoms with E-state index in [0.717, 1.165) is 0 Å². The lowest BCUT2D eigenvalue weighted by molar-refractivity contribution is -0.127. The van der Waals surface area contributed by atoms with Crippen LogP contribution in [0.1, 0.15) is 19.8 Å². The lowest BCUT2D eigenvalue weighted by Gasteiger charge is -2.34.